The molecule has 7 nitrogen and oxygen atoms in total. The van der Waals surface area contributed by atoms with Gasteiger partial charge in [-0.3, -0.25) is 9.59 Å². The summed E-state index contributed by atoms with van der Waals surface area (Å²) in [7, 11) is 0. The monoisotopic (exact) mass is 307 g/mol. The molecule has 1 saturated heterocycles. The van der Waals surface area contributed by atoms with Crippen LogP contribution in [0.15, 0.2) is 21.8 Å². The zero-order valence-electron chi connectivity index (χ0n) is 12.8. The maximum Gasteiger partial charge on any atom is 0.274 e. The van der Waals surface area contributed by atoms with Crippen LogP contribution in [-0.4, -0.2) is 36.8 Å². The number of carbonyl (C=O) groups excluding carboxylic acids is 2. The quantitative estimate of drug-likeness (QED) is 0.613. The summed E-state index contributed by atoms with van der Waals surface area (Å²) in [6.07, 6.45) is 3.72. The van der Waals surface area contributed by atoms with Gasteiger partial charge < -0.3 is 14.5 Å². The molecule has 1 aliphatic heterocycles. The van der Waals surface area contributed by atoms with E-state index in [2.05, 4.69) is 15.8 Å². The molecule has 0 radical (unpaired) electrons. The molecule has 1 aliphatic rings. The molecular formula is C15H21N3O4. The fraction of sp³-hybridized carbons (Fsp3) is 0.533. The summed E-state index contributed by atoms with van der Waals surface area (Å²) in [4.78, 5) is 23.6. The van der Waals surface area contributed by atoms with Crippen molar-refractivity contribution in [1.29, 1.82) is 0 Å². The van der Waals surface area contributed by atoms with E-state index in [1.807, 2.05) is 0 Å². The third kappa shape index (κ3) is 4.70. The molecule has 1 unspecified atom stereocenters. The summed E-state index contributed by atoms with van der Waals surface area (Å²) in [5.74, 6) is 0.0375. The Hall–Kier alpha value is -2.15. The Balaban J connectivity index is 1.73. The van der Waals surface area contributed by atoms with Gasteiger partial charge >= 0.3 is 0 Å². The van der Waals surface area contributed by atoms with Crippen LogP contribution >= 0.6 is 0 Å². The molecule has 7 heteroatoms. The molecule has 0 aromatic carbocycles. The highest BCUT2D eigenvalue weighted by atomic mass is 16.5. The summed E-state index contributed by atoms with van der Waals surface area (Å²) >= 11 is 0. The number of hydrogen-bond donors (Lipinski definition) is 2. The SMILES string of the molecule is CC(CC(=O)NCC1CCCO1)=NNC(=O)c1ccoc1C. The third-order valence-corrected chi connectivity index (χ3v) is 3.42. The highest BCUT2D eigenvalue weighted by Crippen LogP contribution is 2.10. The number of carbonyl (C=O) groups is 2. The third-order valence-electron chi connectivity index (χ3n) is 3.42. The van der Waals surface area contributed by atoms with Crippen LogP contribution in [0.25, 0.3) is 0 Å². The van der Waals surface area contributed by atoms with E-state index in [1.54, 1.807) is 19.9 Å². The first-order valence-electron chi connectivity index (χ1n) is 7.32. The lowest BCUT2D eigenvalue weighted by Gasteiger charge is -2.10. The van der Waals surface area contributed by atoms with Gasteiger partial charge in [-0.2, -0.15) is 5.10 Å². The number of aryl methyl sites for hydroxylation is 1. The molecule has 1 fully saturated rings. The standard InChI is InChI=1S/C15H21N3O4/c1-10(8-14(19)16-9-12-4-3-6-22-12)17-18-15(20)13-5-7-21-11(13)2/h5,7,12H,3-4,6,8-9H2,1-2H3,(H,16,19)(H,18,20). The molecule has 0 saturated carbocycles. The Bertz CT molecular complexity index is 559. The molecule has 0 bridgehead atoms. The van der Waals surface area contributed by atoms with Crippen LogP contribution in [0.2, 0.25) is 0 Å². The minimum atomic E-state index is -0.356. The van der Waals surface area contributed by atoms with Gasteiger partial charge in [-0.25, -0.2) is 5.43 Å². The van der Waals surface area contributed by atoms with Gasteiger partial charge in [0.1, 0.15) is 5.76 Å². The molecule has 0 spiro atoms. The van der Waals surface area contributed by atoms with Crippen molar-refractivity contribution < 1.29 is 18.7 Å². The Labute approximate surface area is 129 Å². The lowest BCUT2D eigenvalue weighted by Crippen LogP contribution is -2.33. The van der Waals surface area contributed by atoms with E-state index in [4.69, 9.17) is 9.15 Å². The van der Waals surface area contributed by atoms with Crippen LogP contribution in [0.4, 0.5) is 0 Å². The minimum absolute atomic E-state index is 0.116. The molecule has 0 aliphatic carbocycles. The van der Waals surface area contributed by atoms with E-state index >= 15 is 0 Å². The number of amides is 2. The van der Waals surface area contributed by atoms with Crippen molar-refractivity contribution >= 4 is 17.5 Å². The Morgan fingerprint density at radius 3 is 2.91 bits per heavy atom. The van der Waals surface area contributed by atoms with Crippen molar-refractivity contribution in [3.63, 3.8) is 0 Å². The highest BCUT2D eigenvalue weighted by molar-refractivity contribution is 6.01. The molecular weight excluding hydrogens is 286 g/mol. The van der Waals surface area contributed by atoms with Crippen LogP contribution in [0.5, 0.6) is 0 Å². The zero-order chi connectivity index (χ0) is 15.9. The van der Waals surface area contributed by atoms with E-state index in [9.17, 15) is 9.59 Å². The Morgan fingerprint density at radius 1 is 1.45 bits per heavy atom. The Kier molecular flexibility index (Phi) is 5.71. The first-order valence-corrected chi connectivity index (χ1v) is 7.32. The minimum Gasteiger partial charge on any atom is -0.469 e. The van der Waals surface area contributed by atoms with Gasteiger partial charge in [-0.05, 0) is 32.8 Å². The lowest BCUT2D eigenvalue weighted by atomic mass is 10.2. The first kappa shape index (κ1) is 16.2. The fourth-order valence-electron chi connectivity index (χ4n) is 2.19. The van der Waals surface area contributed by atoms with Crippen molar-refractivity contribution in [3.05, 3.63) is 23.7 Å². The van der Waals surface area contributed by atoms with Crippen molar-refractivity contribution in [1.82, 2.24) is 10.7 Å². The van der Waals surface area contributed by atoms with Crippen molar-refractivity contribution in [2.75, 3.05) is 13.2 Å². The number of hydrazone groups is 1. The predicted molar refractivity (Wildman–Crippen MR) is 80.6 cm³/mol. The Morgan fingerprint density at radius 2 is 2.27 bits per heavy atom. The topological polar surface area (TPSA) is 92.9 Å². The van der Waals surface area contributed by atoms with Crippen molar-refractivity contribution in [3.8, 4) is 0 Å². The molecule has 1 atom stereocenters. The average molecular weight is 307 g/mol. The average Bonchev–Trinajstić information content (AvgIpc) is 3.14. The molecule has 1 aromatic rings. The first-order chi connectivity index (χ1) is 10.6. The van der Waals surface area contributed by atoms with E-state index in [0.717, 1.165) is 19.4 Å². The highest BCUT2D eigenvalue weighted by Gasteiger charge is 2.16. The van der Waals surface area contributed by atoms with E-state index in [1.165, 1.54) is 6.26 Å². The largest absolute Gasteiger partial charge is 0.469 e. The summed E-state index contributed by atoms with van der Waals surface area (Å²) in [5.41, 5.74) is 3.37. The number of nitrogens with one attached hydrogen (secondary N) is 2. The number of nitrogens with zero attached hydrogens (tertiary/aromatic N) is 1. The van der Waals surface area contributed by atoms with Gasteiger partial charge in [-0.1, -0.05) is 0 Å². The predicted octanol–water partition coefficient (Wildman–Crippen LogP) is 1.38. The maximum absolute atomic E-state index is 11.8. The molecule has 2 heterocycles. The molecule has 2 N–H and O–H groups in total. The van der Waals surface area contributed by atoms with E-state index < -0.39 is 0 Å². The molecule has 1 aromatic heterocycles. The molecule has 2 rings (SSSR count). The van der Waals surface area contributed by atoms with E-state index in [-0.39, 0.29) is 24.3 Å². The van der Waals surface area contributed by atoms with Gasteiger partial charge in [0, 0.05) is 18.9 Å². The molecule has 120 valence electrons. The van der Waals surface area contributed by atoms with E-state index in [0.29, 0.717) is 23.6 Å². The van der Waals surface area contributed by atoms with Crippen molar-refractivity contribution in [2.45, 2.75) is 39.2 Å². The number of rotatable bonds is 6. The number of hydrogen-bond acceptors (Lipinski definition) is 5. The fourth-order valence-corrected chi connectivity index (χ4v) is 2.19. The van der Waals surface area contributed by atoms with Gasteiger partial charge in [0.25, 0.3) is 5.91 Å². The molecule has 2 amide bonds. The lowest BCUT2D eigenvalue weighted by molar-refractivity contribution is -0.120. The van der Waals surface area contributed by atoms with Gasteiger partial charge in [0.15, 0.2) is 0 Å². The van der Waals surface area contributed by atoms with Crippen molar-refractivity contribution in [2.24, 2.45) is 5.10 Å². The number of furan rings is 1. The summed E-state index contributed by atoms with van der Waals surface area (Å²) in [6, 6.07) is 1.57. The van der Waals surface area contributed by atoms with Crippen LogP contribution in [-0.2, 0) is 9.53 Å². The van der Waals surface area contributed by atoms with Gasteiger partial charge in [0.05, 0.1) is 24.4 Å². The normalized spacial score (nSPS) is 18.3. The second kappa shape index (κ2) is 7.74. The van der Waals surface area contributed by atoms with Crippen LogP contribution in [0, 0.1) is 6.92 Å². The van der Waals surface area contributed by atoms with Crippen LogP contribution < -0.4 is 10.7 Å². The summed E-state index contributed by atoms with van der Waals surface area (Å²) in [6.45, 7) is 4.67. The second-order valence-electron chi connectivity index (χ2n) is 5.29. The summed E-state index contributed by atoms with van der Waals surface area (Å²) in [5, 5.41) is 6.73. The molecule has 22 heavy (non-hydrogen) atoms. The van der Waals surface area contributed by atoms with Crippen LogP contribution in [0.1, 0.15) is 42.3 Å². The summed E-state index contributed by atoms with van der Waals surface area (Å²) < 4.78 is 10.5. The smallest absolute Gasteiger partial charge is 0.274 e. The van der Waals surface area contributed by atoms with Gasteiger partial charge in [0.2, 0.25) is 5.91 Å². The zero-order valence-corrected chi connectivity index (χ0v) is 12.8. The maximum atomic E-state index is 11.8. The number of ether oxygens (including phenoxy) is 1. The second-order valence-corrected chi connectivity index (χ2v) is 5.29. The van der Waals surface area contributed by atoms with Gasteiger partial charge in [-0.15, -0.1) is 0 Å². The van der Waals surface area contributed by atoms with Crippen LogP contribution in [0.3, 0.4) is 0 Å².